The van der Waals surface area contributed by atoms with E-state index in [2.05, 4.69) is 18.0 Å². The zero-order valence-electron chi connectivity index (χ0n) is 12.5. The summed E-state index contributed by atoms with van der Waals surface area (Å²) in [5.74, 6) is 4.69. The Kier molecular flexibility index (Phi) is 3.10. The van der Waals surface area contributed by atoms with Crippen molar-refractivity contribution >= 4 is 0 Å². The number of aromatic nitrogens is 1. The smallest absolute Gasteiger partial charge is 0.0448 e. The van der Waals surface area contributed by atoms with Crippen molar-refractivity contribution in [2.75, 3.05) is 0 Å². The fourth-order valence-corrected chi connectivity index (χ4v) is 5.76. The van der Waals surface area contributed by atoms with Gasteiger partial charge in [-0.25, -0.2) is 0 Å². The first-order valence-corrected chi connectivity index (χ1v) is 8.36. The van der Waals surface area contributed by atoms with Crippen LogP contribution in [0.5, 0.6) is 0 Å². The van der Waals surface area contributed by atoms with Gasteiger partial charge in [0, 0.05) is 24.4 Å². The molecule has 0 aromatic carbocycles. The Morgan fingerprint density at radius 2 is 1.80 bits per heavy atom. The molecule has 4 aliphatic carbocycles. The number of rotatable bonds is 3. The van der Waals surface area contributed by atoms with Gasteiger partial charge < -0.3 is 5.73 Å². The second kappa shape index (κ2) is 4.84. The first kappa shape index (κ1) is 12.8. The molecule has 4 aliphatic rings. The number of pyridine rings is 1. The van der Waals surface area contributed by atoms with Crippen molar-refractivity contribution in [2.24, 2.45) is 35.3 Å². The Balaban J connectivity index is 1.51. The minimum absolute atomic E-state index is 0.318. The van der Waals surface area contributed by atoms with Gasteiger partial charge in [0.2, 0.25) is 0 Å². The van der Waals surface area contributed by atoms with Gasteiger partial charge in [-0.05, 0) is 80.2 Å². The fourth-order valence-electron chi connectivity index (χ4n) is 5.76. The number of hydrogen-bond donors (Lipinski definition) is 1. The van der Waals surface area contributed by atoms with E-state index >= 15 is 0 Å². The van der Waals surface area contributed by atoms with Gasteiger partial charge in [-0.15, -0.1) is 0 Å². The van der Waals surface area contributed by atoms with E-state index in [0.717, 1.165) is 36.0 Å². The van der Waals surface area contributed by atoms with Crippen LogP contribution in [0.3, 0.4) is 0 Å². The summed E-state index contributed by atoms with van der Waals surface area (Å²) in [4.78, 5) is 4.55. The van der Waals surface area contributed by atoms with Gasteiger partial charge in [0.05, 0.1) is 0 Å². The standard InChI is InChI=1S/C18H26N2/c1-11-3-2-4-20-17(11)10-16(19)18-14-6-12-5-13(8-14)9-15(18)7-12/h2-4,12-16,18H,5-10,19H2,1H3. The molecule has 0 saturated heterocycles. The lowest BCUT2D eigenvalue weighted by molar-refractivity contribution is -0.0466. The average Bonchev–Trinajstić information content (AvgIpc) is 2.40. The van der Waals surface area contributed by atoms with Crippen LogP contribution in [0.1, 0.15) is 43.4 Å². The van der Waals surface area contributed by atoms with E-state index in [1.165, 1.54) is 43.4 Å². The summed E-state index contributed by atoms with van der Waals surface area (Å²) in [5.41, 5.74) is 9.17. The molecule has 1 aromatic rings. The molecule has 2 heteroatoms. The lowest BCUT2D eigenvalue weighted by Crippen LogP contribution is -2.52. The average molecular weight is 270 g/mol. The molecule has 2 N–H and O–H groups in total. The van der Waals surface area contributed by atoms with Crippen molar-refractivity contribution in [3.8, 4) is 0 Å². The summed E-state index contributed by atoms with van der Waals surface area (Å²) >= 11 is 0. The van der Waals surface area contributed by atoms with Crippen LogP contribution in [-0.2, 0) is 6.42 Å². The zero-order valence-corrected chi connectivity index (χ0v) is 12.5. The number of nitrogens with two attached hydrogens (primary N) is 1. The van der Waals surface area contributed by atoms with Gasteiger partial charge in [0.1, 0.15) is 0 Å². The maximum Gasteiger partial charge on any atom is 0.0448 e. The third kappa shape index (κ3) is 2.09. The predicted octanol–water partition coefficient (Wildman–Crippen LogP) is 3.33. The highest BCUT2D eigenvalue weighted by atomic mass is 14.7. The highest BCUT2D eigenvalue weighted by Gasteiger charge is 2.49. The van der Waals surface area contributed by atoms with E-state index in [4.69, 9.17) is 5.73 Å². The zero-order chi connectivity index (χ0) is 13.7. The minimum Gasteiger partial charge on any atom is -0.327 e. The maximum atomic E-state index is 6.66. The van der Waals surface area contributed by atoms with Gasteiger partial charge in [-0.3, -0.25) is 4.98 Å². The molecule has 1 atom stereocenters. The van der Waals surface area contributed by atoms with Crippen LogP contribution in [0.25, 0.3) is 0 Å². The topological polar surface area (TPSA) is 38.9 Å². The molecule has 4 fully saturated rings. The Morgan fingerprint density at radius 1 is 1.15 bits per heavy atom. The second-order valence-electron chi connectivity index (χ2n) is 7.64. The molecule has 108 valence electrons. The first-order valence-electron chi connectivity index (χ1n) is 8.36. The number of nitrogens with zero attached hydrogens (tertiary/aromatic N) is 1. The highest BCUT2D eigenvalue weighted by molar-refractivity contribution is 5.19. The molecule has 1 unspecified atom stereocenters. The maximum absolute atomic E-state index is 6.66. The van der Waals surface area contributed by atoms with Crippen molar-refractivity contribution in [1.29, 1.82) is 0 Å². The predicted molar refractivity (Wildman–Crippen MR) is 81.2 cm³/mol. The van der Waals surface area contributed by atoms with E-state index in [-0.39, 0.29) is 0 Å². The molecule has 20 heavy (non-hydrogen) atoms. The third-order valence-electron chi connectivity index (χ3n) is 6.34. The quantitative estimate of drug-likeness (QED) is 0.915. The van der Waals surface area contributed by atoms with E-state index in [1.807, 2.05) is 12.3 Å². The Bertz CT molecular complexity index is 468. The van der Waals surface area contributed by atoms with Gasteiger partial charge in [-0.1, -0.05) is 6.07 Å². The Hall–Kier alpha value is -0.890. The summed E-state index contributed by atoms with van der Waals surface area (Å²) in [6.07, 6.45) is 10.3. The van der Waals surface area contributed by atoms with Crippen molar-refractivity contribution in [2.45, 2.75) is 51.5 Å². The highest BCUT2D eigenvalue weighted by Crippen LogP contribution is 2.57. The summed E-state index contributed by atoms with van der Waals surface area (Å²) in [5, 5.41) is 0. The van der Waals surface area contributed by atoms with E-state index in [1.54, 1.807) is 0 Å². The van der Waals surface area contributed by atoms with Crippen molar-refractivity contribution < 1.29 is 0 Å². The summed E-state index contributed by atoms with van der Waals surface area (Å²) in [6.45, 7) is 2.16. The Labute approximate surface area is 122 Å². The molecule has 4 bridgehead atoms. The second-order valence-corrected chi connectivity index (χ2v) is 7.64. The van der Waals surface area contributed by atoms with Gasteiger partial charge in [0.25, 0.3) is 0 Å². The van der Waals surface area contributed by atoms with Crippen LogP contribution in [0.4, 0.5) is 0 Å². The van der Waals surface area contributed by atoms with Crippen LogP contribution in [0.2, 0.25) is 0 Å². The molecule has 0 radical (unpaired) electrons. The summed E-state index contributed by atoms with van der Waals surface area (Å²) in [7, 11) is 0. The van der Waals surface area contributed by atoms with Crippen molar-refractivity contribution in [3.05, 3.63) is 29.6 Å². The van der Waals surface area contributed by atoms with Crippen LogP contribution in [-0.4, -0.2) is 11.0 Å². The molecule has 0 aliphatic heterocycles. The molecule has 1 aromatic heterocycles. The van der Waals surface area contributed by atoms with Crippen LogP contribution >= 0.6 is 0 Å². The van der Waals surface area contributed by atoms with Gasteiger partial charge in [0.15, 0.2) is 0 Å². The van der Waals surface area contributed by atoms with Crippen LogP contribution in [0.15, 0.2) is 18.3 Å². The largest absolute Gasteiger partial charge is 0.327 e. The van der Waals surface area contributed by atoms with Crippen molar-refractivity contribution in [3.63, 3.8) is 0 Å². The molecule has 2 nitrogen and oxygen atoms in total. The fraction of sp³-hybridized carbons (Fsp3) is 0.722. The Morgan fingerprint density at radius 3 is 2.40 bits per heavy atom. The molecule has 0 spiro atoms. The normalized spacial score (nSPS) is 40.0. The number of hydrogen-bond acceptors (Lipinski definition) is 2. The number of aryl methyl sites for hydroxylation is 1. The third-order valence-corrected chi connectivity index (χ3v) is 6.34. The van der Waals surface area contributed by atoms with Gasteiger partial charge >= 0.3 is 0 Å². The SMILES string of the molecule is Cc1cccnc1CC(N)C1C2CC3CC(C2)CC1C3. The molecular formula is C18H26N2. The lowest BCUT2D eigenvalue weighted by Gasteiger charge is -2.56. The monoisotopic (exact) mass is 270 g/mol. The van der Waals surface area contributed by atoms with Crippen molar-refractivity contribution in [1.82, 2.24) is 4.98 Å². The molecule has 5 rings (SSSR count). The van der Waals surface area contributed by atoms with Crippen LogP contribution in [0, 0.1) is 36.5 Å². The molecule has 1 heterocycles. The van der Waals surface area contributed by atoms with Gasteiger partial charge in [-0.2, -0.15) is 0 Å². The van der Waals surface area contributed by atoms with E-state index in [9.17, 15) is 0 Å². The molecule has 0 amide bonds. The summed E-state index contributed by atoms with van der Waals surface area (Å²) < 4.78 is 0. The molecular weight excluding hydrogens is 244 g/mol. The van der Waals surface area contributed by atoms with Crippen LogP contribution < -0.4 is 5.73 Å². The lowest BCUT2D eigenvalue weighted by atomic mass is 9.50. The molecule has 4 saturated carbocycles. The first-order chi connectivity index (χ1) is 9.70. The minimum atomic E-state index is 0.318. The van der Waals surface area contributed by atoms with E-state index in [0.29, 0.717) is 6.04 Å². The summed E-state index contributed by atoms with van der Waals surface area (Å²) in [6, 6.07) is 4.50. The van der Waals surface area contributed by atoms with E-state index < -0.39 is 0 Å².